The number of rotatable bonds is 19. The zero-order valence-electron chi connectivity index (χ0n) is 18.5. The molecule has 0 aromatic carbocycles. The molecule has 2 aliphatic heterocycles. The Morgan fingerprint density at radius 2 is 1.48 bits per heavy atom. The van der Waals surface area contributed by atoms with Crippen molar-refractivity contribution in [3.8, 4) is 0 Å². The van der Waals surface area contributed by atoms with Crippen molar-refractivity contribution in [3.63, 3.8) is 0 Å². The third-order valence-corrected chi connectivity index (χ3v) is 6.16. The average Bonchev–Trinajstić information content (AvgIpc) is 3.62. The molecule has 1 unspecified atom stereocenters. The first kappa shape index (κ1) is 26.7. The Morgan fingerprint density at radius 1 is 0.903 bits per heavy atom. The number of hydrogen-bond donors (Lipinski definition) is 3. The molecule has 9 nitrogen and oxygen atoms in total. The van der Waals surface area contributed by atoms with E-state index in [2.05, 4.69) is 11.4 Å². The van der Waals surface area contributed by atoms with Crippen LogP contribution in [0.25, 0.3) is 0 Å². The van der Waals surface area contributed by atoms with Crippen LogP contribution in [0.3, 0.4) is 0 Å². The first-order valence-electron chi connectivity index (χ1n) is 11.6. The van der Waals surface area contributed by atoms with Crippen LogP contribution in [0.4, 0.5) is 0 Å². The summed E-state index contributed by atoms with van der Waals surface area (Å²) in [6.45, 7) is 1.29. The Bertz CT molecular complexity index is 567. The summed E-state index contributed by atoms with van der Waals surface area (Å²) in [4.78, 5) is 28.7. The molecule has 182 valence electrons. The molecule has 2 rings (SSSR count). The topological polar surface area (TPSA) is 138 Å². The highest BCUT2D eigenvalue weighted by Gasteiger charge is 2.47. The van der Waals surface area contributed by atoms with E-state index in [1.54, 1.807) is 0 Å². The van der Waals surface area contributed by atoms with Gasteiger partial charge in [-0.2, -0.15) is 0 Å². The minimum absolute atomic E-state index is 0.265. The van der Waals surface area contributed by atoms with Crippen LogP contribution in [0.1, 0.15) is 84.0 Å². The van der Waals surface area contributed by atoms with Crippen molar-refractivity contribution in [1.82, 2.24) is 0 Å². The van der Waals surface area contributed by atoms with Crippen molar-refractivity contribution in [2.24, 2.45) is 0 Å². The van der Waals surface area contributed by atoms with Gasteiger partial charge in [-0.3, -0.25) is 9.32 Å². The van der Waals surface area contributed by atoms with Crippen molar-refractivity contribution in [1.29, 1.82) is 0 Å². The molecule has 0 spiro atoms. The second-order valence-corrected chi connectivity index (χ2v) is 9.83. The number of aliphatic hydroxyl groups is 1. The molecule has 10 heteroatoms. The minimum atomic E-state index is -4.63. The van der Waals surface area contributed by atoms with E-state index in [1.807, 2.05) is 0 Å². The molecule has 2 saturated heterocycles. The summed E-state index contributed by atoms with van der Waals surface area (Å²) in [5.74, 6) is -0.431. The van der Waals surface area contributed by atoms with Crippen LogP contribution < -0.4 is 0 Å². The van der Waals surface area contributed by atoms with Crippen LogP contribution in [0.15, 0.2) is 0 Å². The van der Waals surface area contributed by atoms with E-state index in [9.17, 15) is 14.5 Å². The molecule has 5 atom stereocenters. The summed E-state index contributed by atoms with van der Waals surface area (Å²) >= 11 is 0. The second kappa shape index (κ2) is 13.9. The summed E-state index contributed by atoms with van der Waals surface area (Å²) in [5.41, 5.74) is 0. The maximum Gasteiger partial charge on any atom is 0.469 e. The predicted octanol–water partition coefficient (Wildman–Crippen LogP) is 3.24. The molecule has 2 aliphatic rings. The van der Waals surface area contributed by atoms with Crippen molar-refractivity contribution in [3.05, 3.63) is 0 Å². The number of unbranched alkanes of at least 4 members (excludes halogenated alkanes) is 6. The number of esters is 1. The lowest BCUT2D eigenvalue weighted by atomic mass is 10.0. The molecule has 2 fully saturated rings. The van der Waals surface area contributed by atoms with Crippen LogP contribution in [-0.2, 0) is 28.1 Å². The van der Waals surface area contributed by atoms with Gasteiger partial charge in [0.1, 0.15) is 12.7 Å². The monoisotopic (exact) mass is 466 g/mol. The molecule has 0 radical (unpaired) electrons. The molecule has 0 aromatic heterocycles. The standard InChI is InChI=1S/C21H39O9P/c1-2-3-7-10-17-19(29-17)13-20-18(30-20)11-8-5-4-6-9-12-21(23)27-14-16(22)15-28-31(24,25)26/h16-20,22H,2-15H2,1H3,(H2,24,25,26)/t16?,17-,18-,19+,20+/m0/s1. The van der Waals surface area contributed by atoms with Crippen LogP contribution in [-0.4, -0.2) is 64.6 Å². The smallest absolute Gasteiger partial charge is 0.463 e. The Labute approximate surface area is 185 Å². The number of epoxide rings is 2. The van der Waals surface area contributed by atoms with Crippen LogP contribution in [0, 0.1) is 0 Å². The van der Waals surface area contributed by atoms with E-state index < -0.39 is 26.5 Å². The van der Waals surface area contributed by atoms with Gasteiger partial charge in [0.25, 0.3) is 0 Å². The van der Waals surface area contributed by atoms with Crippen molar-refractivity contribution in [2.75, 3.05) is 13.2 Å². The summed E-state index contributed by atoms with van der Waals surface area (Å²) in [6.07, 6.45) is 12.8. The summed E-state index contributed by atoms with van der Waals surface area (Å²) in [5, 5.41) is 9.44. The third kappa shape index (κ3) is 12.9. The molecule has 0 saturated carbocycles. The highest BCUT2D eigenvalue weighted by molar-refractivity contribution is 7.46. The third-order valence-electron chi connectivity index (χ3n) is 5.67. The van der Waals surface area contributed by atoms with E-state index in [1.165, 1.54) is 25.7 Å². The molecule has 0 aliphatic carbocycles. The largest absolute Gasteiger partial charge is 0.469 e. The van der Waals surface area contributed by atoms with Gasteiger partial charge in [-0.1, -0.05) is 51.9 Å². The van der Waals surface area contributed by atoms with Gasteiger partial charge in [0.05, 0.1) is 31.0 Å². The van der Waals surface area contributed by atoms with E-state index in [0.29, 0.717) is 24.4 Å². The van der Waals surface area contributed by atoms with Gasteiger partial charge in [-0.25, -0.2) is 4.57 Å². The zero-order valence-corrected chi connectivity index (χ0v) is 19.4. The first-order chi connectivity index (χ1) is 14.8. The van der Waals surface area contributed by atoms with Crippen molar-refractivity contribution >= 4 is 13.8 Å². The molecular formula is C21H39O9P. The number of carbonyl (C=O) groups excluding carboxylic acids is 1. The van der Waals surface area contributed by atoms with Crippen molar-refractivity contribution < 1.29 is 43.0 Å². The fourth-order valence-corrected chi connectivity index (χ4v) is 4.11. The van der Waals surface area contributed by atoms with Gasteiger partial charge >= 0.3 is 13.8 Å². The lowest BCUT2D eigenvalue weighted by molar-refractivity contribution is -0.147. The molecule has 0 amide bonds. The minimum Gasteiger partial charge on any atom is -0.463 e. The Balaban J connectivity index is 1.34. The van der Waals surface area contributed by atoms with E-state index in [-0.39, 0.29) is 13.0 Å². The van der Waals surface area contributed by atoms with Gasteiger partial charge in [-0.15, -0.1) is 0 Å². The molecule has 3 N–H and O–H groups in total. The first-order valence-corrected chi connectivity index (χ1v) is 13.2. The Kier molecular flexibility index (Phi) is 12.0. The summed E-state index contributed by atoms with van der Waals surface area (Å²) in [6, 6.07) is 0. The lowest BCUT2D eigenvalue weighted by Crippen LogP contribution is -2.23. The van der Waals surface area contributed by atoms with Gasteiger partial charge < -0.3 is 29.1 Å². The predicted molar refractivity (Wildman–Crippen MR) is 113 cm³/mol. The van der Waals surface area contributed by atoms with Gasteiger partial charge in [0.15, 0.2) is 0 Å². The number of phosphoric ester groups is 1. The SMILES string of the molecule is CCCCC[C@@H]1O[C@@H]1C[C@H]1O[C@H]1CCCCCCCC(=O)OCC(O)COP(=O)(O)O. The fraction of sp³-hybridized carbons (Fsp3) is 0.952. The maximum atomic E-state index is 11.6. The number of phosphoric acid groups is 1. The Morgan fingerprint density at radius 3 is 2.10 bits per heavy atom. The molecular weight excluding hydrogens is 427 g/mol. The fourth-order valence-electron chi connectivity index (χ4n) is 3.74. The maximum absolute atomic E-state index is 11.6. The molecule has 31 heavy (non-hydrogen) atoms. The Hall–Kier alpha value is -0.540. The van der Waals surface area contributed by atoms with E-state index in [4.69, 9.17) is 24.0 Å². The number of carbonyl (C=O) groups is 1. The van der Waals surface area contributed by atoms with E-state index >= 15 is 0 Å². The molecule has 2 heterocycles. The van der Waals surface area contributed by atoms with Crippen LogP contribution in [0.5, 0.6) is 0 Å². The summed E-state index contributed by atoms with van der Waals surface area (Å²) < 4.78 is 31.0. The van der Waals surface area contributed by atoms with Crippen LogP contribution in [0.2, 0.25) is 0 Å². The molecule has 0 aromatic rings. The van der Waals surface area contributed by atoms with E-state index in [0.717, 1.165) is 44.9 Å². The highest BCUT2D eigenvalue weighted by atomic mass is 31.2. The highest BCUT2D eigenvalue weighted by Crippen LogP contribution is 2.39. The second-order valence-electron chi connectivity index (χ2n) is 8.59. The number of ether oxygens (including phenoxy) is 3. The molecule has 0 bridgehead atoms. The zero-order chi connectivity index (χ0) is 22.7. The van der Waals surface area contributed by atoms with Gasteiger partial charge in [0.2, 0.25) is 0 Å². The summed E-state index contributed by atoms with van der Waals surface area (Å²) in [7, 11) is -4.63. The van der Waals surface area contributed by atoms with Gasteiger partial charge in [-0.05, 0) is 19.3 Å². The van der Waals surface area contributed by atoms with Crippen LogP contribution >= 0.6 is 7.82 Å². The normalized spacial score (nSPS) is 25.9. The lowest BCUT2D eigenvalue weighted by Gasteiger charge is -2.12. The average molecular weight is 467 g/mol. The quantitative estimate of drug-likeness (QED) is 0.113. The number of aliphatic hydroxyl groups excluding tert-OH is 1. The van der Waals surface area contributed by atoms with Gasteiger partial charge in [0, 0.05) is 12.8 Å². The van der Waals surface area contributed by atoms with Crippen molar-refractivity contribution in [2.45, 2.75) is 114 Å². The number of hydrogen-bond acceptors (Lipinski definition) is 7.